The summed E-state index contributed by atoms with van der Waals surface area (Å²) in [6.45, 7) is 0.752. The molecular formula is C13H15ClN2O3S. The second kappa shape index (κ2) is 6.46. The lowest BCUT2D eigenvalue weighted by Gasteiger charge is -2.17. The zero-order valence-corrected chi connectivity index (χ0v) is 12.3. The Kier molecular flexibility index (Phi) is 4.89. The summed E-state index contributed by atoms with van der Waals surface area (Å²) in [6, 6.07) is 4.75. The molecule has 2 N–H and O–H groups in total. The number of aliphatic hydroxyl groups is 1. The summed E-state index contributed by atoms with van der Waals surface area (Å²) in [4.78, 5) is 0. The first-order valence-electron chi connectivity index (χ1n) is 6.20. The second-order valence-corrected chi connectivity index (χ2v) is 6.47. The van der Waals surface area contributed by atoms with Crippen molar-refractivity contribution in [3.63, 3.8) is 0 Å². The van der Waals surface area contributed by atoms with Crippen molar-refractivity contribution in [2.75, 3.05) is 24.4 Å². The van der Waals surface area contributed by atoms with Gasteiger partial charge < -0.3 is 5.11 Å². The Morgan fingerprint density at radius 2 is 2.05 bits per heavy atom. The zero-order valence-electron chi connectivity index (χ0n) is 10.8. The molecule has 1 fully saturated rings. The van der Waals surface area contributed by atoms with Gasteiger partial charge in [0.2, 0.25) is 0 Å². The minimum atomic E-state index is -3.58. The predicted octanol–water partition coefficient (Wildman–Crippen LogP) is 1.44. The van der Waals surface area contributed by atoms with Crippen molar-refractivity contribution in [1.29, 1.82) is 0 Å². The van der Waals surface area contributed by atoms with Gasteiger partial charge in [-0.2, -0.15) is 12.7 Å². The molecule has 0 unspecified atom stereocenters. The summed E-state index contributed by atoms with van der Waals surface area (Å²) >= 11 is 5.89. The predicted molar refractivity (Wildman–Crippen MR) is 78.8 cm³/mol. The molecule has 108 valence electrons. The van der Waals surface area contributed by atoms with E-state index < -0.39 is 10.2 Å². The lowest BCUT2D eigenvalue weighted by atomic mass is 10.2. The first kappa shape index (κ1) is 15.1. The van der Waals surface area contributed by atoms with Crippen molar-refractivity contribution < 1.29 is 13.5 Å². The maximum absolute atomic E-state index is 12.2. The Hall–Kier alpha value is -1.26. The minimum absolute atomic E-state index is 0.291. The number of nitrogens with zero attached hydrogens (tertiary/aromatic N) is 1. The van der Waals surface area contributed by atoms with Crippen LogP contribution in [0.3, 0.4) is 0 Å². The van der Waals surface area contributed by atoms with Gasteiger partial charge in [0.25, 0.3) is 0 Å². The molecule has 0 amide bonds. The third kappa shape index (κ3) is 3.64. The Labute approximate surface area is 123 Å². The molecule has 1 aromatic carbocycles. The highest BCUT2D eigenvalue weighted by atomic mass is 35.5. The Morgan fingerprint density at radius 1 is 1.35 bits per heavy atom. The molecule has 0 radical (unpaired) electrons. The fourth-order valence-corrected chi connectivity index (χ4v) is 3.46. The highest BCUT2D eigenvalue weighted by Gasteiger charge is 2.25. The highest BCUT2D eigenvalue weighted by molar-refractivity contribution is 7.90. The number of aliphatic hydroxyl groups excluding tert-OH is 1. The summed E-state index contributed by atoms with van der Waals surface area (Å²) < 4.78 is 28.3. The van der Waals surface area contributed by atoms with Crippen LogP contribution in [0, 0.1) is 11.8 Å². The van der Waals surface area contributed by atoms with Gasteiger partial charge in [-0.25, -0.2) is 0 Å². The molecule has 0 aromatic heterocycles. The van der Waals surface area contributed by atoms with Crippen LogP contribution in [0.5, 0.6) is 0 Å². The Bertz CT molecular complexity index is 643. The van der Waals surface area contributed by atoms with E-state index in [1.165, 1.54) is 10.4 Å². The summed E-state index contributed by atoms with van der Waals surface area (Å²) in [5.41, 5.74) is 0.802. The maximum atomic E-state index is 12.2. The molecule has 1 saturated heterocycles. The van der Waals surface area contributed by atoms with Crippen molar-refractivity contribution in [3.05, 3.63) is 28.8 Å². The SMILES string of the molecule is O=S(=O)(Nc1cc(Cl)ccc1C#CCO)N1CCCC1. The van der Waals surface area contributed by atoms with Crippen molar-refractivity contribution in [2.45, 2.75) is 12.8 Å². The molecule has 7 heteroatoms. The number of halogens is 1. The average molecular weight is 315 g/mol. The van der Waals surface area contributed by atoms with E-state index >= 15 is 0 Å². The number of anilines is 1. The van der Waals surface area contributed by atoms with Crippen LogP contribution >= 0.6 is 11.6 Å². The van der Waals surface area contributed by atoms with Crippen LogP contribution in [-0.2, 0) is 10.2 Å². The number of benzene rings is 1. The summed E-state index contributed by atoms with van der Waals surface area (Å²) in [5.74, 6) is 5.19. The standard InChI is InChI=1S/C13H15ClN2O3S/c14-12-6-5-11(4-3-9-17)13(10-12)15-20(18,19)16-7-1-2-8-16/h5-6,10,15,17H,1-2,7-9H2. The molecule has 0 bridgehead atoms. The first-order chi connectivity index (χ1) is 9.53. The third-order valence-electron chi connectivity index (χ3n) is 2.93. The maximum Gasteiger partial charge on any atom is 0.301 e. The second-order valence-electron chi connectivity index (χ2n) is 4.36. The number of nitrogens with one attached hydrogen (secondary N) is 1. The molecule has 0 saturated carbocycles. The van der Waals surface area contributed by atoms with Gasteiger partial charge in [0.05, 0.1) is 5.69 Å². The zero-order chi connectivity index (χ0) is 14.6. The number of rotatable bonds is 3. The summed E-state index contributed by atoms with van der Waals surface area (Å²) in [5, 5.41) is 9.15. The average Bonchev–Trinajstić information content (AvgIpc) is 2.92. The topological polar surface area (TPSA) is 69.6 Å². The van der Waals surface area contributed by atoms with Crippen molar-refractivity contribution in [1.82, 2.24) is 4.31 Å². The lowest BCUT2D eigenvalue weighted by Crippen LogP contribution is -2.33. The molecule has 1 aliphatic heterocycles. The number of hydrogen-bond acceptors (Lipinski definition) is 3. The molecule has 20 heavy (non-hydrogen) atoms. The molecule has 1 heterocycles. The molecule has 0 atom stereocenters. The summed E-state index contributed by atoms with van der Waals surface area (Å²) in [6.07, 6.45) is 1.74. The van der Waals surface area contributed by atoms with Crippen LogP contribution in [0.15, 0.2) is 18.2 Å². The van der Waals surface area contributed by atoms with E-state index in [4.69, 9.17) is 16.7 Å². The molecule has 1 aliphatic rings. The van der Waals surface area contributed by atoms with Gasteiger partial charge in [0.15, 0.2) is 0 Å². The molecule has 2 rings (SSSR count). The van der Waals surface area contributed by atoms with E-state index in [1.807, 2.05) is 0 Å². The van der Waals surface area contributed by atoms with Gasteiger partial charge in [0, 0.05) is 23.7 Å². The van der Waals surface area contributed by atoms with Crippen LogP contribution < -0.4 is 4.72 Å². The largest absolute Gasteiger partial charge is 0.384 e. The monoisotopic (exact) mass is 314 g/mol. The fourth-order valence-electron chi connectivity index (χ4n) is 1.98. The van der Waals surface area contributed by atoms with E-state index in [2.05, 4.69) is 16.6 Å². The van der Waals surface area contributed by atoms with Crippen molar-refractivity contribution in [2.24, 2.45) is 0 Å². The van der Waals surface area contributed by atoms with Crippen LogP contribution in [0.2, 0.25) is 5.02 Å². The Morgan fingerprint density at radius 3 is 2.70 bits per heavy atom. The Balaban J connectivity index is 2.29. The van der Waals surface area contributed by atoms with E-state index in [9.17, 15) is 8.42 Å². The molecule has 1 aromatic rings. The molecule has 0 spiro atoms. The smallest absolute Gasteiger partial charge is 0.301 e. The first-order valence-corrected chi connectivity index (χ1v) is 8.02. The van der Waals surface area contributed by atoms with Crippen molar-refractivity contribution in [3.8, 4) is 11.8 Å². The van der Waals surface area contributed by atoms with Gasteiger partial charge in [-0.3, -0.25) is 4.72 Å². The molecule has 5 nitrogen and oxygen atoms in total. The third-order valence-corrected chi connectivity index (χ3v) is 4.69. The highest BCUT2D eigenvalue weighted by Crippen LogP contribution is 2.23. The van der Waals surface area contributed by atoms with Gasteiger partial charge in [0.1, 0.15) is 6.61 Å². The van der Waals surface area contributed by atoms with Crippen molar-refractivity contribution >= 4 is 27.5 Å². The van der Waals surface area contributed by atoms with Crippen LogP contribution in [0.25, 0.3) is 0 Å². The van der Waals surface area contributed by atoms with E-state index in [-0.39, 0.29) is 6.61 Å². The van der Waals surface area contributed by atoms with Crippen LogP contribution in [0.1, 0.15) is 18.4 Å². The van der Waals surface area contributed by atoms with Gasteiger partial charge in [-0.05, 0) is 31.0 Å². The quantitative estimate of drug-likeness (QED) is 0.829. The normalized spacial score (nSPS) is 15.7. The minimum Gasteiger partial charge on any atom is -0.384 e. The number of hydrogen-bond donors (Lipinski definition) is 2. The molecule has 0 aliphatic carbocycles. The lowest BCUT2D eigenvalue weighted by molar-refractivity contribution is 0.350. The van der Waals surface area contributed by atoms with Gasteiger partial charge in [-0.1, -0.05) is 23.4 Å². The summed E-state index contributed by atoms with van der Waals surface area (Å²) in [7, 11) is -3.58. The van der Waals surface area contributed by atoms with Crippen LogP contribution in [0.4, 0.5) is 5.69 Å². The fraction of sp³-hybridized carbons (Fsp3) is 0.385. The van der Waals surface area contributed by atoms with E-state index in [0.29, 0.717) is 29.4 Å². The van der Waals surface area contributed by atoms with Gasteiger partial charge in [-0.15, -0.1) is 0 Å². The van der Waals surface area contributed by atoms with Crippen LogP contribution in [-0.4, -0.2) is 37.5 Å². The molecular weight excluding hydrogens is 300 g/mol. The van der Waals surface area contributed by atoms with Gasteiger partial charge >= 0.3 is 10.2 Å². The van der Waals surface area contributed by atoms with E-state index in [0.717, 1.165) is 12.8 Å². The van der Waals surface area contributed by atoms with E-state index in [1.54, 1.807) is 12.1 Å².